The highest BCUT2D eigenvalue weighted by atomic mass is 16.7. The summed E-state index contributed by atoms with van der Waals surface area (Å²) in [4.78, 5) is 11.4. The summed E-state index contributed by atoms with van der Waals surface area (Å²) in [6.45, 7) is 2.55. The maximum absolute atomic E-state index is 11.4. The average molecular weight is 208 g/mol. The first-order valence-corrected chi connectivity index (χ1v) is 5.70. The smallest absolute Gasteiger partial charge is 0.336 e. The van der Waals surface area contributed by atoms with E-state index < -0.39 is 5.79 Å². The lowest BCUT2D eigenvalue weighted by molar-refractivity contribution is -0.182. The van der Waals surface area contributed by atoms with Gasteiger partial charge in [0.25, 0.3) is 0 Å². The molecule has 3 nitrogen and oxygen atoms in total. The Kier molecular flexibility index (Phi) is 1.78. The van der Waals surface area contributed by atoms with Gasteiger partial charge in [-0.05, 0) is 25.8 Å². The molecule has 3 rings (SSSR count). The Morgan fingerprint density at radius 1 is 1.33 bits per heavy atom. The normalized spacial score (nSPS) is 37.7. The van der Waals surface area contributed by atoms with Crippen LogP contribution in [0.2, 0.25) is 0 Å². The highest BCUT2D eigenvalue weighted by Crippen LogP contribution is 2.52. The Morgan fingerprint density at radius 3 is 2.67 bits per heavy atom. The van der Waals surface area contributed by atoms with Crippen LogP contribution in [0.25, 0.3) is 0 Å². The number of hydrogen-bond donors (Lipinski definition) is 0. The maximum atomic E-state index is 11.4. The van der Waals surface area contributed by atoms with Gasteiger partial charge in [-0.1, -0.05) is 12.8 Å². The van der Waals surface area contributed by atoms with Gasteiger partial charge in [-0.3, -0.25) is 0 Å². The minimum atomic E-state index is -0.703. The fourth-order valence-electron chi connectivity index (χ4n) is 3.16. The second-order valence-electron chi connectivity index (χ2n) is 5.20. The molecule has 0 bridgehead atoms. The number of carbonyl (C=O) groups is 1. The van der Waals surface area contributed by atoms with E-state index in [1.807, 2.05) is 6.08 Å². The van der Waals surface area contributed by atoms with E-state index in [1.54, 1.807) is 6.92 Å². The van der Waals surface area contributed by atoms with Gasteiger partial charge in [-0.25, -0.2) is 4.79 Å². The molecule has 2 spiro atoms. The van der Waals surface area contributed by atoms with E-state index in [2.05, 4.69) is 0 Å². The lowest BCUT2D eigenvalue weighted by Crippen LogP contribution is -2.28. The number of carbonyl (C=O) groups excluding carboxylic acids is 1. The predicted molar refractivity (Wildman–Crippen MR) is 54.1 cm³/mol. The van der Waals surface area contributed by atoms with Crippen molar-refractivity contribution < 1.29 is 14.3 Å². The van der Waals surface area contributed by atoms with Crippen LogP contribution in [0.1, 0.15) is 39.0 Å². The number of ether oxygens (including phenoxy) is 2. The molecule has 0 aromatic rings. The van der Waals surface area contributed by atoms with Gasteiger partial charge in [0, 0.05) is 17.4 Å². The lowest BCUT2D eigenvalue weighted by atomic mass is 9.83. The monoisotopic (exact) mass is 208 g/mol. The fourth-order valence-corrected chi connectivity index (χ4v) is 3.16. The van der Waals surface area contributed by atoms with Crippen molar-refractivity contribution in [1.29, 1.82) is 0 Å². The summed E-state index contributed by atoms with van der Waals surface area (Å²) in [6, 6.07) is 0. The van der Waals surface area contributed by atoms with Gasteiger partial charge < -0.3 is 9.47 Å². The van der Waals surface area contributed by atoms with E-state index >= 15 is 0 Å². The first-order valence-electron chi connectivity index (χ1n) is 5.70. The highest BCUT2D eigenvalue weighted by molar-refractivity contribution is 5.90. The molecule has 1 aliphatic carbocycles. The second-order valence-corrected chi connectivity index (χ2v) is 5.20. The first kappa shape index (κ1) is 9.40. The van der Waals surface area contributed by atoms with Crippen molar-refractivity contribution >= 4 is 5.97 Å². The number of hydrogen-bond acceptors (Lipinski definition) is 3. The SMILES string of the molecule is CC1=C[C@@]2(CC3(CCCC3)CO2)OC1=O. The molecule has 1 atom stereocenters. The molecule has 0 radical (unpaired) electrons. The summed E-state index contributed by atoms with van der Waals surface area (Å²) in [6.07, 6.45) is 7.75. The van der Waals surface area contributed by atoms with Crippen molar-refractivity contribution in [3.05, 3.63) is 11.6 Å². The Labute approximate surface area is 89.4 Å². The Bertz CT molecular complexity index is 339. The first-order chi connectivity index (χ1) is 7.13. The van der Waals surface area contributed by atoms with Gasteiger partial charge in [0.15, 0.2) is 0 Å². The van der Waals surface area contributed by atoms with Crippen molar-refractivity contribution in [3.8, 4) is 0 Å². The van der Waals surface area contributed by atoms with Crippen LogP contribution in [0.3, 0.4) is 0 Å². The largest absolute Gasteiger partial charge is 0.426 e. The molecule has 15 heavy (non-hydrogen) atoms. The van der Waals surface area contributed by atoms with Crippen molar-refractivity contribution in [2.75, 3.05) is 6.61 Å². The molecule has 0 aromatic heterocycles. The van der Waals surface area contributed by atoms with Crippen LogP contribution in [0.4, 0.5) is 0 Å². The van der Waals surface area contributed by atoms with Crippen LogP contribution in [0.5, 0.6) is 0 Å². The zero-order valence-corrected chi connectivity index (χ0v) is 9.04. The van der Waals surface area contributed by atoms with E-state index in [-0.39, 0.29) is 5.97 Å². The topological polar surface area (TPSA) is 35.5 Å². The number of rotatable bonds is 0. The summed E-state index contributed by atoms with van der Waals surface area (Å²) in [5, 5.41) is 0. The average Bonchev–Trinajstić information content (AvgIpc) is 2.82. The third kappa shape index (κ3) is 1.33. The molecule has 0 amide bonds. The Balaban J connectivity index is 1.84. The van der Waals surface area contributed by atoms with Crippen molar-refractivity contribution in [1.82, 2.24) is 0 Å². The summed E-state index contributed by atoms with van der Waals surface area (Å²) in [7, 11) is 0. The zero-order chi connectivity index (χ0) is 10.5. The van der Waals surface area contributed by atoms with E-state index in [1.165, 1.54) is 25.7 Å². The van der Waals surface area contributed by atoms with Crippen LogP contribution in [-0.4, -0.2) is 18.4 Å². The molecule has 0 N–H and O–H groups in total. The van der Waals surface area contributed by atoms with Crippen LogP contribution in [0, 0.1) is 5.41 Å². The number of esters is 1. The lowest BCUT2D eigenvalue weighted by Gasteiger charge is -2.22. The van der Waals surface area contributed by atoms with Crippen molar-refractivity contribution in [2.45, 2.75) is 44.8 Å². The van der Waals surface area contributed by atoms with E-state index in [0.717, 1.165) is 13.0 Å². The molecular formula is C12H16O3. The summed E-state index contributed by atoms with van der Waals surface area (Å²) in [5.41, 5.74) is 0.978. The van der Waals surface area contributed by atoms with Crippen LogP contribution in [-0.2, 0) is 14.3 Å². The third-order valence-electron chi connectivity index (χ3n) is 3.93. The van der Waals surface area contributed by atoms with Gasteiger partial charge in [0.1, 0.15) is 0 Å². The van der Waals surface area contributed by atoms with Crippen molar-refractivity contribution in [3.63, 3.8) is 0 Å². The van der Waals surface area contributed by atoms with E-state index in [0.29, 0.717) is 11.0 Å². The standard InChI is InChI=1S/C12H16O3/c1-9-6-12(15-10(9)13)7-11(8-14-12)4-2-3-5-11/h6H,2-5,7-8H2,1H3/t12-/m0/s1. The van der Waals surface area contributed by atoms with Gasteiger partial charge in [-0.2, -0.15) is 0 Å². The minimum Gasteiger partial charge on any atom is -0.426 e. The quantitative estimate of drug-likeness (QED) is 0.572. The summed E-state index contributed by atoms with van der Waals surface area (Å²) in [5.74, 6) is -0.920. The molecule has 0 aromatic carbocycles. The Hall–Kier alpha value is -0.830. The van der Waals surface area contributed by atoms with Gasteiger partial charge >= 0.3 is 5.97 Å². The molecule has 2 aliphatic heterocycles. The minimum absolute atomic E-state index is 0.218. The molecule has 0 unspecified atom stereocenters. The molecule has 1 saturated heterocycles. The van der Waals surface area contributed by atoms with Crippen LogP contribution >= 0.6 is 0 Å². The van der Waals surface area contributed by atoms with Crippen LogP contribution in [0.15, 0.2) is 11.6 Å². The van der Waals surface area contributed by atoms with E-state index in [4.69, 9.17) is 9.47 Å². The second kappa shape index (κ2) is 2.85. The summed E-state index contributed by atoms with van der Waals surface area (Å²) < 4.78 is 11.1. The third-order valence-corrected chi connectivity index (χ3v) is 3.93. The van der Waals surface area contributed by atoms with Crippen LogP contribution < -0.4 is 0 Å². The summed E-state index contributed by atoms with van der Waals surface area (Å²) >= 11 is 0. The van der Waals surface area contributed by atoms with Crippen molar-refractivity contribution in [2.24, 2.45) is 5.41 Å². The van der Waals surface area contributed by atoms with Gasteiger partial charge in [0.2, 0.25) is 5.79 Å². The molecular weight excluding hydrogens is 192 g/mol. The van der Waals surface area contributed by atoms with E-state index in [9.17, 15) is 4.79 Å². The highest BCUT2D eigenvalue weighted by Gasteiger charge is 2.54. The fraction of sp³-hybridized carbons (Fsp3) is 0.750. The predicted octanol–water partition coefficient (Wildman–Crippen LogP) is 2.17. The van der Waals surface area contributed by atoms with Gasteiger partial charge in [0.05, 0.1) is 6.61 Å². The molecule has 3 aliphatic rings. The molecule has 1 saturated carbocycles. The molecule has 2 heterocycles. The zero-order valence-electron chi connectivity index (χ0n) is 9.04. The molecule has 3 heteroatoms. The Morgan fingerprint density at radius 2 is 2.07 bits per heavy atom. The van der Waals surface area contributed by atoms with Gasteiger partial charge in [-0.15, -0.1) is 0 Å². The molecule has 82 valence electrons. The maximum Gasteiger partial charge on any atom is 0.336 e. The molecule has 2 fully saturated rings.